The highest BCUT2D eigenvalue weighted by atomic mass is 16.3. The molecule has 0 saturated heterocycles. The Labute approximate surface area is 153 Å². The summed E-state index contributed by atoms with van der Waals surface area (Å²) in [5.74, 6) is -1.16. The van der Waals surface area contributed by atoms with Gasteiger partial charge >= 0.3 is 0 Å². The van der Waals surface area contributed by atoms with Crippen LogP contribution < -0.4 is 17.0 Å². The molecule has 6 heteroatoms. The van der Waals surface area contributed by atoms with E-state index in [9.17, 15) is 9.59 Å². The van der Waals surface area contributed by atoms with Crippen molar-refractivity contribution in [3.8, 4) is 0 Å². The SMILES string of the molecule is NC(=O)c1ccc(N=c2oc3ccc4ccccc4c3cc2C(N)=O)cc1. The van der Waals surface area contributed by atoms with Crippen LogP contribution in [0.1, 0.15) is 20.7 Å². The second kappa shape index (κ2) is 6.42. The van der Waals surface area contributed by atoms with E-state index in [1.165, 1.54) is 0 Å². The third kappa shape index (κ3) is 3.04. The fourth-order valence-corrected chi connectivity index (χ4v) is 2.96. The number of rotatable bonds is 3. The molecular formula is C21H15N3O3. The number of fused-ring (bicyclic) bond motifs is 3. The normalized spacial score (nSPS) is 11.8. The summed E-state index contributed by atoms with van der Waals surface area (Å²) in [4.78, 5) is 27.5. The average Bonchev–Trinajstić information content (AvgIpc) is 2.67. The van der Waals surface area contributed by atoms with Gasteiger partial charge in [-0.05, 0) is 47.2 Å². The molecule has 0 bridgehead atoms. The van der Waals surface area contributed by atoms with Crippen molar-refractivity contribution in [2.45, 2.75) is 0 Å². The Hall–Kier alpha value is -3.93. The molecule has 1 aromatic heterocycles. The van der Waals surface area contributed by atoms with E-state index in [1.54, 1.807) is 30.3 Å². The van der Waals surface area contributed by atoms with Crippen molar-refractivity contribution in [3.63, 3.8) is 0 Å². The summed E-state index contributed by atoms with van der Waals surface area (Å²) in [6.07, 6.45) is 0. The van der Waals surface area contributed by atoms with Crippen LogP contribution in [0.2, 0.25) is 0 Å². The minimum Gasteiger partial charge on any atom is -0.438 e. The van der Waals surface area contributed by atoms with Gasteiger partial charge in [-0.3, -0.25) is 9.59 Å². The topological polar surface area (TPSA) is 112 Å². The standard InChI is InChI=1S/C21H15N3O3/c22-19(25)13-5-8-14(9-6-13)24-21-17(20(23)26)11-16-15-4-2-1-3-12(15)7-10-18(16)27-21/h1-11H,(H2,22,25)(H2,23,26). The van der Waals surface area contributed by atoms with Crippen LogP contribution in [0, 0.1) is 0 Å². The van der Waals surface area contributed by atoms with Crippen LogP contribution >= 0.6 is 0 Å². The van der Waals surface area contributed by atoms with Gasteiger partial charge in [-0.25, -0.2) is 4.99 Å². The molecule has 1 heterocycles. The zero-order valence-electron chi connectivity index (χ0n) is 14.2. The van der Waals surface area contributed by atoms with E-state index in [1.807, 2.05) is 36.4 Å². The molecule has 0 saturated carbocycles. The Morgan fingerprint density at radius 2 is 1.56 bits per heavy atom. The Morgan fingerprint density at radius 1 is 0.815 bits per heavy atom. The lowest BCUT2D eigenvalue weighted by Gasteiger charge is -2.05. The molecule has 6 nitrogen and oxygen atoms in total. The predicted octanol–water partition coefficient (Wildman–Crippen LogP) is 3.02. The minimum atomic E-state index is -0.638. The highest BCUT2D eigenvalue weighted by Gasteiger charge is 2.11. The Balaban J connectivity index is 1.96. The molecule has 0 aliphatic heterocycles. The number of hydrogen-bond acceptors (Lipinski definition) is 4. The van der Waals surface area contributed by atoms with Crippen LogP contribution in [0.3, 0.4) is 0 Å². The fraction of sp³-hybridized carbons (Fsp3) is 0. The van der Waals surface area contributed by atoms with Gasteiger partial charge in [0.05, 0.1) is 5.69 Å². The fourth-order valence-electron chi connectivity index (χ4n) is 2.96. The molecule has 0 fully saturated rings. The molecule has 3 aromatic carbocycles. The van der Waals surface area contributed by atoms with Crippen molar-refractivity contribution < 1.29 is 14.0 Å². The monoisotopic (exact) mass is 357 g/mol. The molecule has 132 valence electrons. The predicted molar refractivity (Wildman–Crippen MR) is 102 cm³/mol. The highest BCUT2D eigenvalue weighted by Crippen LogP contribution is 2.25. The van der Waals surface area contributed by atoms with E-state index < -0.39 is 11.8 Å². The maximum atomic E-state index is 12.0. The molecule has 0 spiro atoms. The number of nitrogens with two attached hydrogens (primary N) is 2. The largest absolute Gasteiger partial charge is 0.438 e. The van der Waals surface area contributed by atoms with Crippen molar-refractivity contribution >= 4 is 39.2 Å². The first kappa shape index (κ1) is 16.5. The van der Waals surface area contributed by atoms with Crippen LogP contribution in [0.25, 0.3) is 21.7 Å². The molecule has 2 amide bonds. The van der Waals surface area contributed by atoms with Crippen LogP contribution in [0.15, 0.2) is 76.1 Å². The molecule has 0 aliphatic carbocycles. The maximum Gasteiger partial charge on any atom is 0.254 e. The van der Waals surface area contributed by atoms with Crippen molar-refractivity contribution in [2.24, 2.45) is 16.5 Å². The second-order valence-corrected chi connectivity index (χ2v) is 6.05. The molecular weight excluding hydrogens is 342 g/mol. The third-order valence-electron chi connectivity index (χ3n) is 4.30. The van der Waals surface area contributed by atoms with Gasteiger partial charge in [0, 0.05) is 10.9 Å². The van der Waals surface area contributed by atoms with Gasteiger partial charge in [-0.2, -0.15) is 0 Å². The van der Waals surface area contributed by atoms with Gasteiger partial charge in [0.1, 0.15) is 11.1 Å². The molecule has 27 heavy (non-hydrogen) atoms. The Kier molecular flexibility index (Phi) is 3.93. The van der Waals surface area contributed by atoms with Gasteiger partial charge < -0.3 is 15.9 Å². The summed E-state index contributed by atoms with van der Waals surface area (Å²) < 4.78 is 5.88. The second-order valence-electron chi connectivity index (χ2n) is 6.05. The smallest absolute Gasteiger partial charge is 0.254 e. The Bertz CT molecular complexity index is 1270. The first-order valence-electron chi connectivity index (χ1n) is 8.23. The molecule has 0 aliphatic rings. The summed E-state index contributed by atoms with van der Waals surface area (Å²) in [5.41, 5.74) is 12.5. The minimum absolute atomic E-state index is 0.108. The number of carbonyl (C=O) groups excluding carboxylic acids is 2. The lowest BCUT2D eigenvalue weighted by atomic mass is 10.0. The van der Waals surface area contributed by atoms with Crippen LogP contribution in [0.4, 0.5) is 5.69 Å². The van der Waals surface area contributed by atoms with Crippen LogP contribution in [-0.2, 0) is 0 Å². The molecule has 0 atom stereocenters. The number of nitrogens with zero attached hydrogens (tertiary/aromatic N) is 1. The van der Waals surface area contributed by atoms with Crippen molar-refractivity contribution in [3.05, 3.63) is 83.4 Å². The van der Waals surface area contributed by atoms with E-state index in [0.717, 1.165) is 16.2 Å². The number of benzene rings is 3. The molecule has 0 unspecified atom stereocenters. The number of hydrogen-bond donors (Lipinski definition) is 2. The zero-order chi connectivity index (χ0) is 19.0. The number of primary amides is 2. The van der Waals surface area contributed by atoms with E-state index in [-0.39, 0.29) is 11.1 Å². The van der Waals surface area contributed by atoms with Gasteiger partial charge in [-0.15, -0.1) is 0 Å². The van der Waals surface area contributed by atoms with Gasteiger partial charge in [0.2, 0.25) is 11.5 Å². The Morgan fingerprint density at radius 3 is 2.26 bits per heavy atom. The van der Waals surface area contributed by atoms with E-state index in [0.29, 0.717) is 16.8 Å². The lowest BCUT2D eigenvalue weighted by Crippen LogP contribution is -2.21. The molecule has 0 radical (unpaired) electrons. The van der Waals surface area contributed by atoms with Crippen molar-refractivity contribution in [1.29, 1.82) is 0 Å². The molecule has 4 rings (SSSR count). The zero-order valence-corrected chi connectivity index (χ0v) is 14.2. The van der Waals surface area contributed by atoms with E-state index in [4.69, 9.17) is 15.9 Å². The third-order valence-corrected chi connectivity index (χ3v) is 4.30. The molecule has 4 N–H and O–H groups in total. The van der Waals surface area contributed by atoms with E-state index in [2.05, 4.69) is 4.99 Å². The molecule has 4 aromatic rings. The summed E-state index contributed by atoms with van der Waals surface area (Å²) in [6.45, 7) is 0. The van der Waals surface area contributed by atoms with Gasteiger partial charge in [-0.1, -0.05) is 30.3 Å². The van der Waals surface area contributed by atoms with Gasteiger partial charge in [0.25, 0.3) is 5.91 Å². The van der Waals surface area contributed by atoms with Crippen LogP contribution in [-0.4, -0.2) is 11.8 Å². The van der Waals surface area contributed by atoms with Crippen LogP contribution in [0.5, 0.6) is 0 Å². The van der Waals surface area contributed by atoms with Crippen molar-refractivity contribution in [1.82, 2.24) is 0 Å². The lowest BCUT2D eigenvalue weighted by molar-refractivity contribution is 0.0989. The summed E-state index contributed by atoms with van der Waals surface area (Å²) in [5, 5.41) is 2.77. The number of carbonyl (C=O) groups is 2. The van der Waals surface area contributed by atoms with Crippen molar-refractivity contribution in [2.75, 3.05) is 0 Å². The average molecular weight is 357 g/mol. The first-order chi connectivity index (χ1) is 13.0. The highest BCUT2D eigenvalue weighted by molar-refractivity contribution is 6.07. The maximum absolute atomic E-state index is 12.0. The summed E-state index contributed by atoms with van der Waals surface area (Å²) in [7, 11) is 0. The first-order valence-corrected chi connectivity index (χ1v) is 8.23. The number of amides is 2. The summed E-state index contributed by atoms with van der Waals surface area (Å²) >= 11 is 0. The summed E-state index contributed by atoms with van der Waals surface area (Å²) in [6, 6.07) is 19.6. The quantitative estimate of drug-likeness (QED) is 0.550. The van der Waals surface area contributed by atoms with Gasteiger partial charge in [0.15, 0.2) is 0 Å². The van der Waals surface area contributed by atoms with E-state index >= 15 is 0 Å².